The van der Waals surface area contributed by atoms with Crippen molar-refractivity contribution in [2.75, 3.05) is 18.4 Å². The van der Waals surface area contributed by atoms with Crippen LogP contribution in [0.3, 0.4) is 0 Å². The number of rotatable bonds is 5. The van der Waals surface area contributed by atoms with Gasteiger partial charge in [-0.2, -0.15) is 20.0 Å². The Morgan fingerprint density at radius 3 is 2.85 bits per heavy atom. The quantitative estimate of drug-likeness (QED) is 0.437. The molecule has 34 heavy (non-hydrogen) atoms. The number of anilines is 1. The van der Waals surface area contributed by atoms with Crippen molar-refractivity contribution in [2.24, 2.45) is 5.92 Å². The highest BCUT2D eigenvalue weighted by Crippen LogP contribution is 2.29. The van der Waals surface area contributed by atoms with Crippen molar-refractivity contribution in [1.82, 2.24) is 24.9 Å². The van der Waals surface area contributed by atoms with Gasteiger partial charge in [0.1, 0.15) is 17.0 Å². The minimum Gasteiger partial charge on any atom is -0.424 e. The Bertz CT molecular complexity index is 1340. The maximum atomic E-state index is 14.4. The van der Waals surface area contributed by atoms with Gasteiger partial charge < -0.3 is 14.6 Å². The number of carbonyl (C=O) groups is 1. The lowest BCUT2D eigenvalue weighted by atomic mass is 9.89. The molecule has 2 aromatic carbocycles. The van der Waals surface area contributed by atoms with E-state index in [-0.39, 0.29) is 17.9 Å². The molecule has 1 amide bonds. The number of amides is 1. The molecule has 1 saturated heterocycles. The van der Waals surface area contributed by atoms with Gasteiger partial charge in [-0.15, -0.1) is 0 Å². The van der Waals surface area contributed by atoms with E-state index in [1.54, 1.807) is 25.1 Å². The topological polar surface area (TPSA) is 89.1 Å². The standard InChI is InChI=1S/C24H24ClFN6O2/c1-14-4-3-11-31(20(14)13-27-24-30-19-12-16(25)5-8-21(19)34-24)23(33)17-6-7-18(26)15(2)22(17)32-28-9-10-29-32/h5-10,12,14,20H,3-4,11,13H2,1-2H3,(H,27,30). The Labute approximate surface area is 200 Å². The van der Waals surface area contributed by atoms with Gasteiger partial charge >= 0.3 is 0 Å². The van der Waals surface area contributed by atoms with E-state index < -0.39 is 5.82 Å². The summed E-state index contributed by atoms with van der Waals surface area (Å²) in [4.78, 5) is 21.4. The molecule has 10 heteroatoms. The van der Waals surface area contributed by atoms with Crippen LogP contribution in [0.1, 0.15) is 35.7 Å². The average molecular weight is 483 g/mol. The zero-order valence-electron chi connectivity index (χ0n) is 18.8. The minimum absolute atomic E-state index is 0.108. The summed E-state index contributed by atoms with van der Waals surface area (Å²) in [6.07, 6.45) is 4.89. The number of oxazole rings is 1. The fourth-order valence-electron chi connectivity index (χ4n) is 4.57. The third-order valence-electron chi connectivity index (χ3n) is 6.40. The van der Waals surface area contributed by atoms with Crippen LogP contribution in [0.4, 0.5) is 10.4 Å². The van der Waals surface area contributed by atoms with Gasteiger partial charge in [0.15, 0.2) is 5.58 Å². The number of hydrogen-bond donors (Lipinski definition) is 1. The zero-order chi connectivity index (χ0) is 23.8. The Kier molecular flexibility index (Phi) is 5.95. The van der Waals surface area contributed by atoms with E-state index in [0.717, 1.165) is 12.8 Å². The molecule has 176 valence electrons. The Morgan fingerprint density at radius 2 is 2.06 bits per heavy atom. The molecule has 1 N–H and O–H groups in total. The summed E-state index contributed by atoms with van der Waals surface area (Å²) < 4.78 is 20.2. The third-order valence-corrected chi connectivity index (χ3v) is 6.64. The van der Waals surface area contributed by atoms with Gasteiger partial charge in [0, 0.05) is 23.7 Å². The maximum absolute atomic E-state index is 14.4. The predicted molar refractivity (Wildman–Crippen MR) is 127 cm³/mol. The van der Waals surface area contributed by atoms with Crippen molar-refractivity contribution in [3.05, 3.63) is 64.7 Å². The van der Waals surface area contributed by atoms with E-state index in [1.807, 2.05) is 4.90 Å². The molecule has 0 aliphatic carbocycles. The number of piperidine rings is 1. The second-order valence-corrected chi connectivity index (χ2v) is 9.02. The van der Waals surface area contributed by atoms with Crippen LogP contribution in [0.2, 0.25) is 5.02 Å². The number of likely N-dealkylation sites (tertiary alicyclic amines) is 1. The number of carbonyl (C=O) groups excluding carboxylic acids is 1. The van der Waals surface area contributed by atoms with Crippen molar-refractivity contribution < 1.29 is 13.6 Å². The molecule has 4 aromatic rings. The van der Waals surface area contributed by atoms with Crippen molar-refractivity contribution in [3.8, 4) is 5.69 Å². The average Bonchev–Trinajstić information content (AvgIpc) is 3.49. The van der Waals surface area contributed by atoms with Gasteiger partial charge in [-0.3, -0.25) is 4.79 Å². The van der Waals surface area contributed by atoms with Crippen molar-refractivity contribution in [1.29, 1.82) is 0 Å². The highest BCUT2D eigenvalue weighted by molar-refractivity contribution is 6.31. The van der Waals surface area contributed by atoms with Crippen LogP contribution in [0.25, 0.3) is 16.8 Å². The Morgan fingerprint density at radius 1 is 1.26 bits per heavy atom. The molecule has 8 nitrogen and oxygen atoms in total. The summed E-state index contributed by atoms with van der Waals surface area (Å²) in [7, 11) is 0. The second-order valence-electron chi connectivity index (χ2n) is 8.58. The molecule has 0 spiro atoms. The van der Waals surface area contributed by atoms with Crippen LogP contribution in [0.15, 0.2) is 47.1 Å². The van der Waals surface area contributed by atoms with Gasteiger partial charge in [0.05, 0.1) is 24.0 Å². The molecule has 1 fully saturated rings. The number of aromatic nitrogens is 4. The lowest BCUT2D eigenvalue weighted by Crippen LogP contribution is -2.51. The molecule has 3 heterocycles. The van der Waals surface area contributed by atoms with Gasteiger partial charge in [-0.25, -0.2) is 4.39 Å². The number of halogens is 2. The van der Waals surface area contributed by atoms with Gasteiger partial charge in [-0.05, 0) is 56.0 Å². The molecule has 1 aliphatic heterocycles. The van der Waals surface area contributed by atoms with Gasteiger partial charge in [0.25, 0.3) is 11.9 Å². The van der Waals surface area contributed by atoms with Crippen molar-refractivity contribution in [2.45, 2.75) is 32.7 Å². The van der Waals surface area contributed by atoms with Crippen LogP contribution in [0.5, 0.6) is 0 Å². The van der Waals surface area contributed by atoms with Crippen LogP contribution in [0, 0.1) is 18.7 Å². The lowest BCUT2D eigenvalue weighted by molar-refractivity contribution is 0.0538. The normalized spacial score (nSPS) is 18.4. The Balaban J connectivity index is 1.43. The molecule has 5 rings (SSSR count). The number of nitrogens with zero attached hydrogens (tertiary/aromatic N) is 5. The summed E-state index contributed by atoms with van der Waals surface area (Å²) in [6.45, 7) is 4.82. The van der Waals surface area contributed by atoms with Crippen molar-refractivity contribution >= 4 is 34.6 Å². The summed E-state index contributed by atoms with van der Waals surface area (Å²) in [5.41, 5.74) is 2.35. The molecular weight excluding hydrogens is 459 g/mol. The van der Waals surface area contributed by atoms with Crippen LogP contribution in [-0.4, -0.2) is 49.9 Å². The van der Waals surface area contributed by atoms with E-state index in [0.29, 0.717) is 52.0 Å². The van der Waals surface area contributed by atoms with E-state index >= 15 is 0 Å². The number of fused-ring (bicyclic) bond motifs is 1. The SMILES string of the molecule is Cc1c(F)ccc(C(=O)N2CCCC(C)C2CNc2nc3cc(Cl)ccc3o2)c1-n1nccn1. The fraction of sp³-hybridized carbons (Fsp3) is 0.333. The predicted octanol–water partition coefficient (Wildman–Crippen LogP) is 4.86. The second kappa shape index (κ2) is 9.06. The van der Waals surface area contributed by atoms with Crippen LogP contribution in [-0.2, 0) is 0 Å². The summed E-state index contributed by atoms with van der Waals surface area (Å²) in [6, 6.07) is 8.37. The molecule has 2 atom stereocenters. The monoisotopic (exact) mass is 482 g/mol. The van der Waals surface area contributed by atoms with E-state index in [1.165, 1.54) is 29.3 Å². The minimum atomic E-state index is -0.412. The van der Waals surface area contributed by atoms with E-state index in [9.17, 15) is 9.18 Å². The molecule has 1 aliphatic rings. The van der Waals surface area contributed by atoms with E-state index in [4.69, 9.17) is 16.0 Å². The number of nitrogens with one attached hydrogen (secondary N) is 1. The molecule has 2 aromatic heterocycles. The summed E-state index contributed by atoms with van der Waals surface area (Å²) in [5.74, 6) is -0.347. The lowest BCUT2D eigenvalue weighted by Gasteiger charge is -2.40. The third kappa shape index (κ3) is 4.11. The first-order valence-corrected chi connectivity index (χ1v) is 11.6. The maximum Gasteiger partial charge on any atom is 0.295 e. The molecular formula is C24H24ClFN6O2. The molecule has 2 unspecified atom stereocenters. The van der Waals surface area contributed by atoms with Crippen LogP contribution < -0.4 is 5.32 Å². The summed E-state index contributed by atoms with van der Waals surface area (Å²) in [5, 5.41) is 12.1. The smallest absolute Gasteiger partial charge is 0.295 e. The highest BCUT2D eigenvalue weighted by atomic mass is 35.5. The largest absolute Gasteiger partial charge is 0.424 e. The summed E-state index contributed by atoms with van der Waals surface area (Å²) >= 11 is 6.05. The molecule has 0 bridgehead atoms. The first-order valence-electron chi connectivity index (χ1n) is 11.2. The first kappa shape index (κ1) is 22.3. The number of hydrogen-bond acceptors (Lipinski definition) is 6. The zero-order valence-corrected chi connectivity index (χ0v) is 19.6. The molecule has 0 radical (unpaired) electrons. The molecule has 0 saturated carbocycles. The fourth-order valence-corrected chi connectivity index (χ4v) is 4.74. The van der Waals surface area contributed by atoms with Gasteiger partial charge in [0.2, 0.25) is 0 Å². The highest BCUT2D eigenvalue weighted by Gasteiger charge is 2.34. The number of benzene rings is 2. The van der Waals surface area contributed by atoms with Gasteiger partial charge in [-0.1, -0.05) is 18.5 Å². The van der Waals surface area contributed by atoms with Crippen molar-refractivity contribution in [3.63, 3.8) is 0 Å². The van der Waals surface area contributed by atoms with Crippen LogP contribution >= 0.6 is 11.6 Å². The van der Waals surface area contributed by atoms with E-state index in [2.05, 4.69) is 27.4 Å². The Hall–Kier alpha value is -3.46. The first-order chi connectivity index (χ1) is 16.4.